The minimum atomic E-state index is -1.04. The van der Waals surface area contributed by atoms with Gasteiger partial charge in [0.1, 0.15) is 5.75 Å². The van der Waals surface area contributed by atoms with E-state index in [0.29, 0.717) is 16.8 Å². The molecule has 0 bridgehead atoms. The number of aryl methyl sites for hydroxylation is 1. The highest BCUT2D eigenvalue weighted by atomic mass is 35.5. The number of hydrogen-bond acceptors (Lipinski definition) is 6. The quantitative estimate of drug-likeness (QED) is 0.722. The average molecular weight is 305 g/mol. The number of methoxy groups -OCH3 is 1. The lowest BCUT2D eigenvalue weighted by molar-refractivity contribution is -0.152. The number of aromatic hydroxyl groups is 1. The van der Waals surface area contributed by atoms with Crippen molar-refractivity contribution in [2.45, 2.75) is 33.4 Å². The van der Waals surface area contributed by atoms with Crippen molar-refractivity contribution < 1.29 is 19.7 Å². The predicted molar refractivity (Wildman–Crippen MR) is 76.5 cm³/mol. The second-order valence-corrected chi connectivity index (χ2v) is 4.98. The molecule has 1 heterocycles. The lowest BCUT2D eigenvalue weighted by Gasteiger charge is -2.30. The van der Waals surface area contributed by atoms with Crippen LogP contribution in [0.2, 0.25) is 0 Å². The number of ether oxygens (including phenoxy) is 1. The number of aliphatic hydroxyl groups excluding tert-OH is 1. The van der Waals surface area contributed by atoms with Crippen molar-refractivity contribution in [1.29, 1.82) is 0 Å². The number of esters is 1. The van der Waals surface area contributed by atoms with Gasteiger partial charge in [0, 0.05) is 23.4 Å². The van der Waals surface area contributed by atoms with Gasteiger partial charge in [-0.05, 0) is 20.8 Å². The third kappa shape index (κ3) is 3.20. The lowest BCUT2D eigenvalue weighted by atomic mass is 9.79. The number of aliphatic hydroxyl groups is 1. The maximum absolute atomic E-state index is 11.8. The van der Waals surface area contributed by atoms with Gasteiger partial charge < -0.3 is 20.7 Å². The van der Waals surface area contributed by atoms with Crippen LogP contribution in [-0.2, 0) is 16.1 Å². The maximum atomic E-state index is 11.8. The molecule has 114 valence electrons. The smallest absolute Gasteiger partial charge is 0.313 e. The fraction of sp³-hybridized carbons (Fsp3) is 0.538. The molecule has 0 saturated heterocycles. The summed E-state index contributed by atoms with van der Waals surface area (Å²) < 4.78 is 4.72. The van der Waals surface area contributed by atoms with Crippen LogP contribution in [0.15, 0.2) is 6.20 Å². The Labute approximate surface area is 124 Å². The Hall–Kier alpha value is -1.37. The molecular weight excluding hydrogens is 284 g/mol. The summed E-state index contributed by atoms with van der Waals surface area (Å²) in [6.45, 7) is 4.55. The fourth-order valence-corrected chi connectivity index (χ4v) is 1.88. The van der Waals surface area contributed by atoms with Crippen molar-refractivity contribution in [3.05, 3.63) is 23.0 Å². The molecule has 1 aromatic rings. The molecule has 7 heteroatoms. The number of halogens is 1. The molecule has 0 unspecified atom stereocenters. The first-order chi connectivity index (χ1) is 8.77. The van der Waals surface area contributed by atoms with Gasteiger partial charge in [-0.1, -0.05) is 0 Å². The van der Waals surface area contributed by atoms with Crippen molar-refractivity contribution in [3.63, 3.8) is 0 Å². The molecule has 4 N–H and O–H groups in total. The van der Waals surface area contributed by atoms with E-state index >= 15 is 0 Å². The molecule has 0 aromatic carbocycles. The second kappa shape index (κ2) is 6.88. The van der Waals surface area contributed by atoms with E-state index in [2.05, 4.69) is 4.98 Å². The van der Waals surface area contributed by atoms with Crippen LogP contribution in [-0.4, -0.2) is 28.3 Å². The summed E-state index contributed by atoms with van der Waals surface area (Å²) in [6, 6.07) is -0.816. The van der Waals surface area contributed by atoms with Gasteiger partial charge in [0.2, 0.25) is 0 Å². The van der Waals surface area contributed by atoms with Crippen LogP contribution in [0.3, 0.4) is 0 Å². The number of hydrogen-bond donors (Lipinski definition) is 3. The molecule has 0 radical (unpaired) electrons. The van der Waals surface area contributed by atoms with Gasteiger partial charge in [-0.2, -0.15) is 0 Å². The Bertz CT molecular complexity index is 492. The Kier molecular flexibility index (Phi) is 6.40. The number of carbonyl (C=O) groups excluding carboxylic acids is 1. The zero-order valence-corrected chi connectivity index (χ0v) is 12.8. The molecule has 1 rings (SSSR count). The molecule has 0 aliphatic rings. The summed E-state index contributed by atoms with van der Waals surface area (Å²) in [5.74, 6) is -0.589. The maximum Gasteiger partial charge on any atom is 0.313 e. The number of pyridine rings is 1. The monoisotopic (exact) mass is 304 g/mol. The van der Waals surface area contributed by atoms with Crippen LogP contribution < -0.4 is 5.73 Å². The lowest BCUT2D eigenvalue weighted by Crippen LogP contribution is -2.38. The molecule has 0 aliphatic heterocycles. The molecule has 0 fully saturated rings. The van der Waals surface area contributed by atoms with Gasteiger partial charge >= 0.3 is 5.97 Å². The third-order valence-electron chi connectivity index (χ3n) is 3.33. The van der Waals surface area contributed by atoms with Crippen LogP contribution in [0, 0.1) is 12.3 Å². The summed E-state index contributed by atoms with van der Waals surface area (Å²) in [4.78, 5) is 15.7. The summed E-state index contributed by atoms with van der Waals surface area (Å²) in [6.07, 6.45) is 1.44. The standard InChI is InChI=1S/C13H20N2O4.ClH/c1-7-10(17)9(8(6-16)5-15-7)11(14)13(2,3)12(18)19-4;/h5,11,16-17H,6,14H2,1-4H3;1H/t11-;/m1./s1. The van der Waals surface area contributed by atoms with Crippen molar-refractivity contribution in [1.82, 2.24) is 4.98 Å². The van der Waals surface area contributed by atoms with Gasteiger partial charge in [0.25, 0.3) is 0 Å². The number of aromatic nitrogens is 1. The van der Waals surface area contributed by atoms with Crippen LogP contribution in [0.1, 0.15) is 36.7 Å². The van der Waals surface area contributed by atoms with Crippen LogP contribution >= 0.6 is 12.4 Å². The Balaban J connectivity index is 0.00000361. The van der Waals surface area contributed by atoms with E-state index in [1.165, 1.54) is 13.3 Å². The van der Waals surface area contributed by atoms with Crippen molar-refractivity contribution in [2.75, 3.05) is 7.11 Å². The Morgan fingerprint density at radius 1 is 1.55 bits per heavy atom. The predicted octanol–water partition coefficient (Wildman–Crippen LogP) is 1.21. The Morgan fingerprint density at radius 3 is 2.55 bits per heavy atom. The topological polar surface area (TPSA) is 106 Å². The van der Waals surface area contributed by atoms with Gasteiger partial charge in [-0.25, -0.2) is 0 Å². The normalized spacial score (nSPS) is 12.5. The van der Waals surface area contributed by atoms with Crippen LogP contribution in [0.5, 0.6) is 5.75 Å². The SMILES string of the molecule is COC(=O)C(C)(C)[C@H](N)c1c(CO)cnc(C)c1O.Cl. The van der Waals surface area contributed by atoms with Gasteiger partial charge in [0.15, 0.2) is 0 Å². The number of rotatable bonds is 4. The molecule has 0 saturated carbocycles. The highest BCUT2D eigenvalue weighted by molar-refractivity contribution is 5.85. The van der Waals surface area contributed by atoms with Crippen molar-refractivity contribution >= 4 is 18.4 Å². The van der Waals surface area contributed by atoms with Gasteiger partial charge in [-0.15, -0.1) is 12.4 Å². The molecule has 0 aliphatic carbocycles. The van der Waals surface area contributed by atoms with E-state index in [9.17, 15) is 15.0 Å². The first-order valence-corrected chi connectivity index (χ1v) is 5.89. The number of nitrogens with two attached hydrogens (primary N) is 1. The first kappa shape index (κ1) is 18.6. The molecule has 20 heavy (non-hydrogen) atoms. The second-order valence-electron chi connectivity index (χ2n) is 4.98. The van der Waals surface area contributed by atoms with Gasteiger partial charge in [0.05, 0.1) is 24.8 Å². The first-order valence-electron chi connectivity index (χ1n) is 5.89. The van der Waals surface area contributed by atoms with E-state index in [4.69, 9.17) is 10.5 Å². The highest BCUT2D eigenvalue weighted by Crippen LogP contribution is 2.39. The highest BCUT2D eigenvalue weighted by Gasteiger charge is 2.39. The van der Waals surface area contributed by atoms with E-state index < -0.39 is 17.4 Å². The molecule has 0 amide bonds. The molecule has 1 aromatic heterocycles. The number of carbonyl (C=O) groups is 1. The van der Waals surface area contributed by atoms with E-state index in [1.807, 2.05) is 0 Å². The molecule has 6 nitrogen and oxygen atoms in total. The van der Waals surface area contributed by atoms with Crippen LogP contribution in [0.4, 0.5) is 0 Å². The largest absolute Gasteiger partial charge is 0.506 e. The summed E-state index contributed by atoms with van der Waals surface area (Å²) in [5, 5.41) is 19.4. The Morgan fingerprint density at radius 2 is 2.10 bits per heavy atom. The minimum Gasteiger partial charge on any atom is -0.506 e. The average Bonchev–Trinajstić information content (AvgIpc) is 2.39. The zero-order valence-electron chi connectivity index (χ0n) is 12.0. The summed E-state index contributed by atoms with van der Waals surface area (Å²) in [5.41, 5.74) is 6.17. The van der Waals surface area contributed by atoms with Crippen molar-refractivity contribution in [3.8, 4) is 5.75 Å². The molecular formula is C13H21ClN2O4. The fourth-order valence-electron chi connectivity index (χ4n) is 1.88. The van der Waals surface area contributed by atoms with E-state index in [1.54, 1.807) is 20.8 Å². The third-order valence-corrected chi connectivity index (χ3v) is 3.33. The van der Waals surface area contributed by atoms with Crippen LogP contribution in [0.25, 0.3) is 0 Å². The number of nitrogens with zero attached hydrogens (tertiary/aromatic N) is 1. The molecule has 0 spiro atoms. The van der Waals surface area contributed by atoms with Gasteiger partial charge in [-0.3, -0.25) is 9.78 Å². The molecule has 1 atom stereocenters. The van der Waals surface area contributed by atoms with Crippen molar-refractivity contribution in [2.24, 2.45) is 11.1 Å². The zero-order chi connectivity index (χ0) is 14.8. The minimum absolute atomic E-state index is 0. The van der Waals surface area contributed by atoms with E-state index in [-0.39, 0.29) is 24.8 Å². The summed E-state index contributed by atoms with van der Waals surface area (Å²) in [7, 11) is 1.28. The summed E-state index contributed by atoms with van der Waals surface area (Å²) >= 11 is 0. The van der Waals surface area contributed by atoms with E-state index in [0.717, 1.165) is 0 Å².